The van der Waals surface area contributed by atoms with Crippen LogP contribution < -0.4 is 5.32 Å². The van der Waals surface area contributed by atoms with Gasteiger partial charge in [-0.05, 0) is 44.7 Å². The van der Waals surface area contributed by atoms with Crippen LogP contribution in [-0.2, 0) is 18.3 Å². The summed E-state index contributed by atoms with van der Waals surface area (Å²) in [5.74, 6) is 0.875. The van der Waals surface area contributed by atoms with Crippen LogP contribution in [0.4, 0.5) is 0 Å². The van der Waals surface area contributed by atoms with Gasteiger partial charge in [0.05, 0.1) is 11.4 Å². The standard InChI is InChI=1S/C13H23N3O/c1-11-8-13(16(2)15-11)9-14-6-3-7-17-10-12-4-5-12/h8,12,14H,3-7,9-10H2,1-2H3. The van der Waals surface area contributed by atoms with Crippen LogP contribution in [0.15, 0.2) is 6.07 Å². The predicted molar refractivity (Wildman–Crippen MR) is 67.8 cm³/mol. The van der Waals surface area contributed by atoms with Crippen molar-refractivity contribution in [3.05, 3.63) is 17.5 Å². The monoisotopic (exact) mass is 237 g/mol. The highest BCUT2D eigenvalue weighted by molar-refractivity contribution is 5.08. The van der Waals surface area contributed by atoms with Crippen molar-refractivity contribution in [3.63, 3.8) is 0 Å². The van der Waals surface area contributed by atoms with Crippen LogP contribution in [0.2, 0.25) is 0 Å². The summed E-state index contributed by atoms with van der Waals surface area (Å²) in [4.78, 5) is 0. The van der Waals surface area contributed by atoms with E-state index in [0.717, 1.165) is 44.3 Å². The Balaban J connectivity index is 1.49. The third kappa shape index (κ3) is 4.48. The molecule has 0 atom stereocenters. The summed E-state index contributed by atoms with van der Waals surface area (Å²) >= 11 is 0. The van der Waals surface area contributed by atoms with Crippen molar-refractivity contribution in [1.29, 1.82) is 0 Å². The van der Waals surface area contributed by atoms with Gasteiger partial charge < -0.3 is 10.1 Å². The molecule has 96 valence electrons. The van der Waals surface area contributed by atoms with Crippen LogP contribution in [0.3, 0.4) is 0 Å². The Hall–Kier alpha value is -0.870. The summed E-state index contributed by atoms with van der Waals surface area (Å²) in [6.45, 7) is 5.78. The van der Waals surface area contributed by atoms with Gasteiger partial charge in [-0.15, -0.1) is 0 Å². The van der Waals surface area contributed by atoms with Crippen LogP contribution in [-0.4, -0.2) is 29.5 Å². The largest absolute Gasteiger partial charge is 0.381 e. The number of ether oxygens (including phenoxy) is 1. The third-order valence-corrected chi connectivity index (χ3v) is 3.10. The zero-order valence-corrected chi connectivity index (χ0v) is 10.9. The van der Waals surface area contributed by atoms with Gasteiger partial charge in [0.1, 0.15) is 0 Å². The Morgan fingerprint density at radius 2 is 2.35 bits per heavy atom. The van der Waals surface area contributed by atoms with Crippen LogP contribution >= 0.6 is 0 Å². The second kappa shape index (κ2) is 6.17. The molecule has 1 aliphatic carbocycles. The molecular formula is C13H23N3O. The summed E-state index contributed by atoms with van der Waals surface area (Å²) < 4.78 is 7.52. The topological polar surface area (TPSA) is 39.1 Å². The van der Waals surface area contributed by atoms with Gasteiger partial charge in [-0.3, -0.25) is 4.68 Å². The number of hydrogen-bond acceptors (Lipinski definition) is 3. The van der Waals surface area contributed by atoms with E-state index in [2.05, 4.69) is 16.5 Å². The molecule has 1 aromatic rings. The smallest absolute Gasteiger partial charge is 0.0597 e. The molecule has 4 heteroatoms. The highest BCUT2D eigenvalue weighted by Crippen LogP contribution is 2.28. The lowest BCUT2D eigenvalue weighted by Crippen LogP contribution is -2.18. The van der Waals surface area contributed by atoms with E-state index in [9.17, 15) is 0 Å². The molecular weight excluding hydrogens is 214 g/mol. The van der Waals surface area contributed by atoms with Gasteiger partial charge in [0.2, 0.25) is 0 Å². The van der Waals surface area contributed by atoms with E-state index in [1.165, 1.54) is 18.5 Å². The molecule has 1 N–H and O–H groups in total. The fraction of sp³-hybridized carbons (Fsp3) is 0.769. The van der Waals surface area contributed by atoms with Crippen molar-refractivity contribution in [2.45, 2.75) is 32.7 Å². The lowest BCUT2D eigenvalue weighted by atomic mass is 10.3. The number of aromatic nitrogens is 2. The molecule has 17 heavy (non-hydrogen) atoms. The van der Waals surface area contributed by atoms with Gasteiger partial charge in [-0.25, -0.2) is 0 Å². The van der Waals surface area contributed by atoms with Gasteiger partial charge in [0.15, 0.2) is 0 Å². The van der Waals surface area contributed by atoms with Gasteiger partial charge in [-0.1, -0.05) is 0 Å². The van der Waals surface area contributed by atoms with E-state index < -0.39 is 0 Å². The molecule has 0 radical (unpaired) electrons. The highest BCUT2D eigenvalue weighted by Gasteiger charge is 2.20. The van der Waals surface area contributed by atoms with Crippen molar-refractivity contribution in [1.82, 2.24) is 15.1 Å². The van der Waals surface area contributed by atoms with Gasteiger partial charge in [0, 0.05) is 26.8 Å². The summed E-state index contributed by atoms with van der Waals surface area (Å²) in [6, 6.07) is 2.12. The van der Waals surface area contributed by atoms with Crippen molar-refractivity contribution in [3.8, 4) is 0 Å². The van der Waals surface area contributed by atoms with E-state index in [4.69, 9.17) is 4.74 Å². The van der Waals surface area contributed by atoms with Gasteiger partial charge in [-0.2, -0.15) is 5.10 Å². The fourth-order valence-corrected chi connectivity index (χ4v) is 1.88. The van der Waals surface area contributed by atoms with Crippen LogP contribution in [0.1, 0.15) is 30.7 Å². The third-order valence-electron chi connectivity index (χ3n) is 3.10. The highest BCUT2D eigenvalue weighted by atomic mass is 16.5. The van der Waals surface area contributed by atoms with Gasteiger partial charge >= 0.3 is 0 Å². The maximum atomic E-state index is 5.58. The zero-order chi connectivity index (χ0) is 12.1. The minimum absolute atomic E-state index is 0.875. The van der Waals surface area contributed by atoms with E-state index in [1.54, 1.807) is 0 Å². The molecule has 0 unspecified atom stereocenters. The average Bonchev–Trinajstić information content (AvgIpc) is 3.04. The SMILES string of the molecule is Cc1cc(CNCCCOCC2CC2)n(C)n1. The zero-order valence-electron chi connectivity index (χ0n) is 10.9. The van der Waals surface area contributed by atoms with Crippen LogP contribution in [0.5, 0.6) is 0 Å². The number of rotatable bonds is 8. The Kier molecular flexibility index (Phi) is 4.57. The maximum absolute atomic E-state index is 5.58. The minimum Gasteiger partial charge on any atom is -0.381 e. The first-order chi connectivity index (χ1) is 8.25. The normalized spacial score (nSPS) is 15.4. The Morgan fingerprint density at radius 1 is 1.53 bits per heavy atom. The fourth-order valence-electron chi connectivity index (χ4n) is 1.88. The van der Waals surface area contributed by atoms with Crippen molar-refractivity contribution >= 4 is 0 Å². The first-order valence-electron chi connectivity index (χ1n) is 6.53. The number of nitrogens with one attached hydrogen (secondary N) is 1. The molecule has 2 rings (SSSR count). The van der Waals surface area contributed by atoms with Crippen molar-refractivity contribution in [2.75, 3.05) is 19.8 Å². The van der Waals surface area contributed by atoms with Crippen LogP contribution in [0, 0.1) is 12.8 Å². The summed E-state index contributed by atoms with van der Waals surface area (Å²) in [6.07, 6.45) is 3.83. The van der Waals surface area contributed by atoms with E-state index in [0.29, 0.717) is 0 Å². The summed E-state index contributed by atoms with van der Waals surface area (Å²) in [5, 5.41) is 7.74. The predicted octanol–water partition coefficient (Wildman–Crippen LogP) is 1.63. The molecule has 1 heterocycles. The Labute approximate surface area is 103 Å². The lowest BCUT2D eigenvalue weighted by molar-refractivity contribution is 0.122. The lowest BCUT2D eigenvalue weighted by Gasteiger charge is -2.05. The maximum Gasteiger partial charge on any atom is 0.0597 e. The van der Waals surface area contributed by atoms with E-state index in [-0.39, 0.29) is 0 Å². The summed E-state index contributed by atoms with van der Waals surface area (Å²) in [7, 11) is 1.99. The molecule has 0 spiro atoms. The first kappa shape index (κ1) is 12.6. The Bertz CT molecular complexity index is 344. The molecule has 0 aliphatic heterocycles. The minimum atomic E-state index is 0.875. The molecule has 1 aromatic heterocycles. The quantitative estimate of drug-likeness (QED) is 0.699. The second-order valence-corrected chi connectivity index (χ2v) is 4.95. The number of nitrogens with zero attached hydrogens (tertiary/aromatic N) is 2. The molecule has 0 bridgehead atoms. The molecule has 1 saturated carbocycles. The molecule has 0 aromatic carbocycles. The van der Waals surface area contributed by atoms with E-state index >= 15 is 0 Å². The van der Waals surface area contributed by atoms with Gasteiger partial charge in [0.25, 0.3) is 0 Å². The average molecular weight is 237 g/mol. The molecule has 1 aliphatic rings. The van der Waals surface area contributed by atoms with Crippen LogP contribution in [0.25, 0.3) is 0 Å². The molecule has 4 nitrogen and oxygen atoms in total. The summed E-state index contributed by atoms with van der Waals surface area (Å²) in [5.41, 5.74) is 2.32. The number of hydrogen-bond donors (Lipinski definition) is 1. The van der Waals surface area contributed by atoms with Crippen molar-refractivity contribution in [2.24, 2.45) is 13.0 Å². The van der Waals surface area contributed by atoms with E-state index in [1.807, 2.05) is 18.7 Å². The first-order valence-corrected chi connectivity index (χ1v) is 6.53. The molecule has 0 amide bonds. The molecule has 0 saturated heterocycles. The molecule has 1 fully saturated rings. The second-order valence-electron chi connectivity index (χ2n) is 4.95. The number of aryl methyl sites for hydroxylation is 2. The van der Waals surface area contributed by atoms with Crippen molar-refractivity contribution < 1.29 is 4.74 Å². The Morgan fingerprint density at radius 3 is 3.00 bits per heavy atom.